The summed E-state index contributed by atoms with van der Waals surface area (Å²) in [5.74, 6) is -4.61. The molecule has 12 nitrogen and oxygen atoms in total. The highest BCUT2D eigenvalue weighted by atomic mass is 16.4. The Labute approximate surface area is 209 Å². The van der Waals surface area contributed by atoms with E-state index in [1.165, 1.54) is 4.90 Å². The van der Waals surface area contributed by atoms with Gasteiger partial charge in [0.05, 0.1) is 12.5 Å². The van der Waals surface area contributed by atoms with Crippen molar-refractivity contribution in [1.29, 1.82) is 0 Å². The summed E-state index contributed by atoms with van der Waals surface area (Å²) in [5.41, 5.74) is 12.3. The van der Waals surface area contributed by atoms with Crippen molar-refractivity contribution in [2.75, 3.05) is 13.1 Å². The van der Waals surface area contributed by atoms with Gasteiger partial charge in [-0.3, -0.25) is 19.2 Å². The summed E-state index contributed by atoms with van der Waals surface area (Å²) in [6.07, 6.45) is 1.94. The molecule has 0 bridgehead atoms. The van der Waals surface area contributed by atoms with Crippen LogP contribution in [-0.2, 0) is 30.4 Å². The van der Waals surface area contributed by atoms with Gasteiger partial charge in [0.1, 0.15) is 18.1 Å². The van der Waals surface area contributed by atoms with Gasteiger partial charge in [-0.25, -0.2) is 4.79 Å². The monoisotopic (exact) mass is 505 g/mol. The van der Waals surface area contributed by atoms with Gasteiger partial charge in [0.25, 0.3) is 0 Å². The maximum Gasteiger partial charge on any atom is 0.326 e. The van der Waals surface area contributed by atoms with Crippen molar-refractivity contribution < 1.29 is 34.2 Å². The van der Waals surface area contributed by atoms with Crippen LogP contribution < -0.4 is 22.1 Å². The summed E-state index contributed by atoms with van der Waals surface area (Å²) < 4.78 is 0. The molecule has 1 aliphatic heterocycles. The highest BCUT2D eigenvalue weighted by Crippen LogP contribution is 2.20. The Kier molecular flexibility index (Phi) is 11.3. The van der Waals surface area contributed by atoms with E-state index in [-0.39, 0.29) is 19.4 Å². The fourth-order valence-corrected chi connectivity index (χ4v) is 4.11. The lowest BCUT2D eigenvalue weighted by Gasteiger charge is -2.30. The van der Waals surface area contributed by atoms with Gasteiger partial charge >= 0.3 is 11.9 Å². The highest BCUT2D eigenvalue weighted by molar-refractivity contribution is 5.95. The zero-order valence-electron chi connectivity index (χ0n) is 20.1. The van der Waals surface area contributed by atoms with E-state index in [9.17, 15) is 29.1 Å². The average Bonchev–Trinajstić information content (AvgIpc) is 3.33. The fraction of sp³-hybridized carbons (Fsp3) is 0.542. The number of carbonyl (C=O) groups is 5. The molecule has 4 atom stereocenters. The standard InChI is InChI=1S/C24H35N5O7/c25-11-5-4-9-16(26)21(32)27-17(13-15-7-2-1-3-8-15)23(34)29-12-6-10-19(29)22(33)28-18(24(35)36)14-20(30)31/h1-3,7-8,16-19H,4-6,9-14,25-26H2,(H,27,32)(H,28,33)(H,30,31)(H,35,36). The molecular weight excluding hydrogens is 470 g/mol. The molecule has 0 saturated carbocycles. The number of carboxylic acids is 2. The highest BCUT2D eigenvalue weighted by Gasteiger charge is 2.39. The molecule has 1 aromatic carbocycles. The van der Waals surface area contributed by atoms with E-state index in [0.717, 1.165) is 12.0 Å². The van der Waals surface area contributed by atoms with Crippen LogP contribution in [0.4, 0.5) is 0 Å². The summed E-state index contributed by atoms with van der Waals surface area (Å²) in [6, 6.07) is 4.62. The SMILES string of the molecule is NCCCCC(N)C(=O)NC(Cc1ccccc1)C(=O)N1CCCC1C(=O)NC(CC(=O)O)C(=O)O. The van der Waals surface area contributed by atoms with Crippen LogP contribution in [0, 0.1) is 0 Å². The molecular formula is C24H35N5O7. The maximum absolute atomic E-state index is 13.5. The van der Waals surface area contributed by atoms with Crippen molar-refractivity contribution in [3.05, 3.63) is 35.9 Å². The van der Waals surface area contributed by atoms with Gasteiger partial charge in [-0.2, -0.15) is 0 Å². The summed E-state index contributed by atoms with van der Waals surface area (Å²) >= 11 is 0. The molecule has 0 aromatic heterocycles. The molecule has 1 aliphatic rings. The Morgan fingerprint density at radius 2 is 1.72 bits per heavy atom. The first-order chi connectivity index (χ1) is 17.1. The van der Waals surface area contributed by atoms with Gasteiger partial charge in [-0.05, 0) is 37.8 Å². The first kappa shape index (κ1) is 28.7. The lowest BCUT2D eigenvalue weighted by molar-refractivity contribution is -0.148. The first-order valence-corrected chi connectivity index (χ1v) is 12.0. The van der Waals surface area contributed by atoms with Crippen LogP contribution in [0.3, 0.4) is 0 Å². The Balaban J connectivity index is 2.17. The van der Waals surface area contributed by atoms with Crippen LogP contribution in [0.25, 0.3) is 0 Å². The topological polar surface area (TPSA) is 205 Å². The number of hydrogen-bond donors (Lipinski definition) is 6. The second-order valence-corrected chi connectivity index (χ2v) is 8.83. The third-order valence-corrected chi connectivity index (χ3v) is 6.04. The van der Waals surface area contributed by atoms with E-state index in [2.05, 4.69) is 10.6 Å². The molecule has 0 spiro atoms. The fourth-order valence-electron chi connectivity index (χ4n) is 4.11. The number of amides is 3. The molecule has 0 aliphatic carbocycles. The van der Waals surface area contributed by atoms with Crippen LogP contribution in [-0.4, -0.2) is 82.0 Å². The Morgan fingerprint density at radius 1 is 1.03 bits per heavy atom. The molecule has 1 aromatic rings. The summed E-state index contributed by atoms with van der Waals surface area (Å²) in [6.45, 7) is 0.717. The minimum absolute atomic E-state index is 0.169. The quantitative estimate of drug-likeness (QED) is 0.175. The molecule has 2 rings (SSSR count). The lowest BCUT2D eigenvalue weighted by Crippen LogP contribution is -2.57. The van der Waals surface area contributed by atoms with Crippen LogP contribution in [0.1, 0.15) is 44.1 Å². The van der Waals surface area contributed by atoms with Gasteiger partial charge in [-0.1, -0.05) is 36.8 Å². The van der Waals surface area contributed by atoms with Crippen LogP contribution in [0.2, 0.25) is 0 Å². The van der Waals surface area contributed by atoms with Crippen LogP contribution in [0.15, 0.2) is 30.3 Å². The number of unbranched alkanes of at least 4 members (excludes halogenated alkanes) is 1. The Bertz CT molecular complexity index is 927. The van der Waals surface area contributed by atoms with E-state index in [1.54, 1.807) is 12.1 Å². The predicted octanol–water partition coefficient (Wildman–Crippen LogP) is -0.795. The average molecular weight is 506 g/mol. The third-order valence-electron chi connectivity index (χ3n) is 6.04. The number of likely N-dealkylation sites (tertiary alicyclic amines) is 1. The predicted molar refractivity (Wildman–Crippen MR) is 130 cm³/mol. The largest absolute Gasteiger partial charge is 0.481 e. The normalized spacial score (nSPS) is 17.6. The molecule has 1 heterocycles. The number of nitrogens with zero attached hydrogens (tertiary/aromatic N) is 1. The van der Waals surface area contributed by atoms with E-state index in [0.29, 0.717) is 25.8 Å². The number of nitrogens with two attached hydrogens (primary N) is 2. The van der Waals surface area contributed by atoms with E-state index in [4.69, 9.17) is 16.6 Å². The second-order valence-electron chi connectivity index (χ2n) is 8.83. The van der Waals surface area contributed by atoms with Gasteiger partial charge in [0, 0.05) is 13.0 Å². The van der Waals surface area contributed by atoms with Crippen molar-refractivity contribution in [1.82, 2.24) is 15.5 Å². The Morgan fingerprint density at radius 3 is 2.33 bits per heavy atom. The zero-order valence-corrected chi connectivity index (χ0v) is 20.1. The zero-order chi connectivity index (χ0) is 26.7. The maximum atomic E-state index is 13.5. The molecule has 4 unspecified atom stereocenters. The number of benzene rings is 1. The molecule has 3 amide bonds. The number of rotatable bonds is 14. The lowest BCUT2D eigenvalue weighted by atomic mass is 10.0. The summed E-state index contributed by atoms with van der Waals surface area (Å²) in [5, 5.41) is 23.1. The summed E-state index contributed by atoms with van der Waals surface area (Å²) in [7, 11) is 0. The van der Waals surface area contributed by atoms with E-state index in [1.807, 2.05) is 18.2 Å². The molecule has 12 heteroatoms. The molecule has 0 radical (unpaired) electrons. The van der Waals surface area contributed by atoms with Crippen molar-refractivity contribution in [3.63, 3.8) is 0 Å². The number of nitrogens with one attached hydrogen (secondary N) is 2. The molecule has 36 heavy (non-hydrogen) atoms. The van der Waals surface area contributed by atoms with Gasteiger partial charge < -0.3 is 37.2 Å². The molecule has 1 fully saturated rings. The molecule has 1 saturated heterocycles. The Hall–Kier alpha value is -3.51. The van der Waals surface area contributed by atoms with Crippen LogP contribution >= 0.6 is 0 Å². The van der Waals surface area contributed by atoms with Gasteiger partial charge in [-0.15, -0.1) is 0 Å². The minimum atomic E-state index is -1.63. The van der Waals surface area contributed by atoms with E-state index < -0.39 is 60.2 Å². The van der Waals surface area contributed by atoms with E-state index >= 15 is 0 Å². The molecule has 8 N–H and O–H groups in total. The van der Waals surface area contributed by atoms with Gasteiger partial charge in [0.15, 0.2) is 0 Å². The third kappa shape index (κ3) is 8.61. The number of aliphatic carboxylic acids is 2. The minimum Gasteiger partial charge on any atom is -0.481 e. The van der Waals surface area contributed by atoms with Crippen molar-refractivity contribution in [3.8, 4) is 0 Å². The van der Waals surface area contributed by atoms with Crippen LogP contribution in [0.5, 0.6) is 0 Å². The molecule has 198 valence electrons. The van der Waals surface area contributed by atoms with Crippen molar-refractivity contribution >= 4 is 29.7 Å². The first-order valence-electron chi connectivity index (χ1n) is 12.0. The number of hydrogen-bond acceptors (Lipinski definition) is 7. The van der Waals surface area contributed by atoms with Gasteiger partial charge in [0.2, 0.25) is 17.7 Å². The number of carboxylic acid groups (broad SMARTS) is 2. The van der Waals surface area contributed by atoms with Crippen molar-refractivity contribution in [2.24, 2.45) is 11.5 Å². The van der Waals surface area contributed by atoms with Crippen molar-refractivity contribution in [2.45, 2.75) is 69.1 Å². The summed E-state index contributed by atoms with van der Waals surface area (Å²) in [4.78, 5) is 62.8. The second kappa shape index (κ2) is 14.1. The smallest absolute Gasteiger partial charge is 0.326 e. The number of carbonyl (C=O) groups excluding carboxylic acids is 3.